The quantitative estimate of drug-likeness (QED) is 0.879. The van der Waals surface area contributed by atoms with Crippen molar-refractivity contribution in [3.05, 3.63) is 47.0 Å². The van der Waals surface area contributed by atoms with Crippen LogP contribution >= 0.6 is 11.6 Å². The van der Waals surface area contributed by atoms with Crippen LogP contribution in [0.15, 0.2) is 36.4 Å². The molecule has 2 nitrogen and oxygen atoms in total. The molecule has 0 unspecified atom stereocenters. The first-order chi connectivity index (χ1) is 8.15. The summed E-state index contributed by atoms with van der Waals surface area (Å²) < 4.78 is 0. The first-order valence-corrected chi connectivity index (χ1v) is 5.94. The Hall–Kier alpha value is -1.54. The molecule has 1 saturated carbocycles. The monoisotopic (exact) mass is 246 g/mol. The number of halogens is 1. The molecule has 0 amide bonds. The van der Waals surface area contributed by atoms with E-state index in [9.17, 15) is 9.90 Å². The summed E-state index contributed by atoms with van der Waals surface area (Å²) in [5, 5.41) is 11.9. The molecule has 1 fully saturated rings. The van der Waals surface area contributed by atoms with Gasteiger partial charge in [0.15, 0.2) is 0 Å². The molecule has 1 aliphatic carbocycles. The van der Waals surface area contributed by atoms with Crippen LogP contribution in [0.3, 0.4) is 0 Å². The molecule has 3 rings (SSSR count). The van der Waals surface area contributed by atoms with E-state index in [1.165, 1.54) is 0 Å². The van der Waals surface area contributed by atoms with Gasteiger partial charge in [-0.2, -0.15) is 0 Å². The van der Waals surface area contributed by atoms with E-state index >= 15 is 0 Å². The van der Waals surface area contributed by atoms with Crippen molar-refractivity contribution in [2.24, 2.45) is 0 Å². The average Bonchev–Trinajstić information content (AvgIpc) is 3.10. The number of benzene rings is 2. The minimum atomic E-state index is -0.732. The lowest BCUT2D eigenvalue weighted by molar-refractivity contribution is -0.139. The molecule has 0 atom stereocenters. The van der Waals surface area contributed by atoms with Crippen molar-refractivity contribution in [3.63, 3.8) is 0 Å². The van der Waals surface area contributed by atoms with Crippen molar-refractivity contribution in [1.82, 2.24) is 0 Å². The molecule has 2 aromatic rings. The summed E-state index contributed by atoms with van der Waals surface area (Å²) in [6.07, 6.45) is 1.43. The maximum atomic E-state index is 11.4. The third-order valence-electron chi connectivity index (χ3n) is 3.54. The van der Waals surface area contributed by atoms with Gasteiger partial charge in [0.2, 0.25) is 0 Å². The first-order valence-electron chi connectivity index (χ1n) is 5.56. The van der Waals surface area contributed by atoms with E-state index in [1.54, 1.807) is 0 Å². The normalized spacial score (nSPS) is 17.0. The van der Waals surface area contributed by atoms with Gasteiger partial charge < -0.3 is 5.11 Å². The zero-order valence-electron chi connectivity index (χ0n) is 9.11. The molecule has 3 heteroatoms. The lowest BCUT2D eigenvalue weighted by atomic mass is 9.91. The van der Waals surface area contributed by atoms with Gasteiger partial charge in [0, 0.05) is 10.4 Å². The van der Waals surface area contributed by atoms with E-state index in [4.69, 9.17) is 11.6 Å². The van der Waals surface area contributed by atoms with Crippen molar-refractivity contribution < 1.29 is 9.90 Å². The zero-order chi connectivity index (χ0) is 12.0. The third-order valence-corrected chi connectivity index (χ3v) is 3.87. The van der Waals surface area contributed by atoms with Gasteiger partial charge in [-0.05, 0) is 29.9 Å². The molecule has 2 aromatic carbocycles. The second-order valence-corrected chi connectivity index (χ2v) is 4.93. The largest absolute Gasteiger partial charge is 0.481 e. The molecule has 0 aliphatic heterocycles. The highest BCUT2D eigenvalue weighted by molar-refractivity contribution is 6.35. The van der Waals surface area contributed by atoms with Crippen molar-refractivity contribution in [3.8, 4) is 0 Å². The van der Waals surface area contributed by atoms with Crippen LogP contribution in [-0.4, -0.2) is 11.1 Å². The zero-order valence-corrected chi connectivity index (χ0v) is 9.87. The summed E-state index contributed by atoms with van der Waals surface area (Å²) in [5.41, 5.74) is 0.217. The van der Waals surface area contributed by atoms with Crippen molar-refractivity contribution in [1.29, 1.82) is 0 Å². The summed E-state index contributed by atoms with van der Waals surface area (Å²) in [6.45, 7) is 0. The minimum absolute atomic E-state index is 0.672. The van der Waals surface area contributed by atoms with Gasteiger partial charge in [-0.3, -0.25) is 4.79 Å². The van der Waals surface area contributed by atoms with Gasteiger partial charge in [0.05, 0.1) is 5.41 Å². The lowest BCUT2D eigenvalue weighted by Gasteiger charge is -2.13. The van der Waals surface area contributed by atoms with Crippen molar-refractivity contribution >= 4 is 28.3 Å². The van der Waals surface area contributed by atoms with Crippen LogP contribution in [0.1, 0.15) is 18.4 Å². The molecular formula is C14H11ClO2. The van der Waals surface area contributed by atoms with Crippen LogP contribution in [-0.2, 0) is 10.2 Å². The van der Waals surface area contributed by atoms with E-state index in [0.29, 0.717) is 17.9 Å². The highest BCUT2D eigenvalue weighted by Crippen LogP contribution is 2.50. The Kier molecular flexibility index (Phi) is 2.17. The standard InChI is InChI=1S/C14H11ClO2/c15-12-6-2-3-9-10(12)4-1-5-11(9)14(7-8-14)13(16)17/h1-6H,7-8H2,(H,16,17). The molecule has 0 radical (unpaired) electrons. The number of carbonyl (C=O) groups is 1. The van der Waals surface area contributed by atoms with Crippen molar-refractivity contribution in [2.75, 3.05) is 0 Å². The smallest absolute Gasteiger partial charge is 0.314 e. The summed E-state index contributed by atoms with van der Waals surface area (Å²) >= 11 is 6.13. The maximum absolute atomic E-state index is 11.4. The Morgan fingerprint density at radius 3 is 2.41 bits per heavy atom. The van der Waals surface area contributed by atoms with E-state index in [-0.39, 0.29) is 0 Å². The van der Waals surface area contributed by atoms with E-state index in [1.807, 2.05) is 36.4 Å². The molecule has 0 heterocycles. The number of aliphatic carboxylic acids is 1. The Bertz CT molecular complexity index is 615. The highest BCUT2D eigenvalue weighted by Gasteiger charge is 2.52. The predicted octanol–water partition coefficient (Wildman–Crippen LogP) is 3.61. The topological polar surface area (TPSA) is 37.3 Å². The van der Waals surface area contributed by atoms with Gasteiger partial charge in [-0.1, -0.05) is 41.9 Å². The number of carboxylic acids is 1. The van der Waals surface area contributed by atoms with Crippen LogP contribution in [0.4, 0.5) is 0 Å². The Balaban J connectivity index is 2.32. The first kappa shape index (κ1) is 10.6. The van der Waals surface area contributed by atoms with Gasteiger partial charge in [0.1, 0.15) is 0 Å². The number of carboxylic acid groups (broad SMARTS) is 1. The van der Waals surface area contributed by atoms with Crippen molar-refractivity contribution in [2.45, 2.75) is 18.3 Å². The molecule has 0 aromatic heterocycles. The number of hydrogen-bond donors (Lipinski definition) is 1. The predicted molar refractivity (Wildman–Crippen MR) is 67.5 cm³/mol. The molecule has 0 spiro atoms. The minimum Gasteiger partial charge on any atom is -0.481 e. The summed E-state index contributed by atoms with van der Waals surface area (Å²) in [6, 6.07) is 11.4. The summed E-state index contributed by atoms with van der Waals surface area (Å²) in [5.74, 6) is -0.732. The third kappa shape index (κ3) is 1.44. The maximum Gasteiger partial charge on any atom is 0.314 e. The molecule has 17 heavy (non-hydrogen) atoms. The number of rotatable bonds is 2. The molecular weight excluding hydrogens is 236 g/mol. The highest BCUT2D eigenvalue weighted by atomic mass is 35.5. The molecule has 86 valence electrons. The van der Waals surface area contributed by atoms with Crippen LogP contribution in [0, 0.1) is 0 Å². The van der Waals surface area contributed by atoms with Crippen LogP contribution in [0.5, 0.6) is 0 Å². The molecule has 1 N–H and O–H groups in total. The molecule has 0 saturated heterocycles. The van der Waals surface area contributed by atoms with E-state index < -0.39 is 11.4 Å². The second kappa shape index (κ2) is 3.47. The van der Waals surface area contributed by atoms with Gasteiger partial charge in [0.25, 0.3) is 0 Å². The summed E-state index contributed by atoms with van der Waals surface area (Å²) in [4.78, 5) is 11.4. The fourth-order valence-electron chi connectivity index (χ4n) is 2.41. The summed E-state index contributed by atoms with van der Waals surface area (Å²) in [7, 11) is 0. The fourth-order valence-corrected chi connectivity index (χ4v) is 2.65. The van der Waals surface area contributed by atoms with Gasteiger partial charge in [-0.15, -0.1) is 0 Å². The van der Waals surface area contributed by atoms with E-state index in [2.05, 4.69) is 0 Å². The SMILES string of the molecule is O=C(O)C1(c2cccc3c(Cl)cccc23)CC1. The molecule has 0 bridgehead atoms. The molecule has 1 aliphatic rings. The van der Waals surface area contributed by atoms with Crippen LogP contribution in [0.2, 0.25) is 5.02 Å². The number of fused-ring (bicyclic) bond motifs is 1. The van der Waals surface area contributed by atoms with Gasteiger partial charge in [-0.25, -0.2) is 0 Å². The lowest BCUT2D eigenvalue weighted by Crippen LogP contribution is -2.19. The Morgan fingerprint density at radius 2 is 1.76 bits per heavy atom. The Labute approximate surface area is 104 Å². The average molecular weight is 247 g/mol. The fraction of sp³-hybridized carbons (Fsp3) is 0.214. The van der Waals surface area contributed by atoms with Crippen LogP contribution < -0.4 is 0 Å². The van der Waals surface area contributed by atoms with Gasteiger partial charge >= 0.3 is 5.97 Å². The van der Waals surface area contributed by atoms with Crippen LogP contribution in [0.25, 0.3) is 10.8 Å². The second-order valence-electron chi connectivity index (χ2n) is 4.53. The number of hydrogen-bond acceptors (Lipinski definition) is 1. The Morgan fingerprint density at radius 1 is 1.12 bits per heavy atom. The van der Waals surface area contributed by atoms with E-state index in [0.717, 1.165) is 16.3 Å².